The summed E-state index contributed by atoms with van der Waals surface area (Å²) in [5, 5.41) is 3.24. The van der Waals surface area contributed by atoms with Crippen molar-refractivity contribution in [2.75, 3.05) is 0 Å². The Morgan fingerprint density at radius 1 is 1.05 bits per heavy atom. The molecule has 2 N–H and O–H groups in total. The van der Waals surface area contributed by atoms with Crippen LogP contribution in [0.5, 0.6) is 11.6 Å². The molecule has 22 heavy (non-hydrogen) atoms. The predicted molar refractivity (Wildman–Crippen MR) is 79.8 cm³/mol. The summed E-state index contributed by atoms with van der Waals surface area (Å²) in [6, 6.07) is 9.97. The summed E-state index contributed by atoms with van der Waals surface area (Å²) in [5.74, 6) is 0.983. The third-order valence-corrected chi connectivity index (χ3v) is 3.06. The van der Waals surface area contributed by atoms with Gasteiger partial charge in [-0.25, -0.2) is 14.4 Å². The van der Waals surface area contributed by atoms with E-state index in [4.69, 9.17) is 4.74 Å². The van der Waals surface area contributed by atoms with E-state index in [9.17, 15) is 4.39 Å². The highest BCUT2D eigenvalue weighted by Gasteiger charge is 2.09. The van der Waals surface area contributed by atoms with Crippen LogP contribution >= 0.6 is 0 Å². The van der Waals surface area contributed by atoms with E-state index in [1.54, 1.807) is 36.8 Å². The number of para-hydroxylation sites is 1. The van der Waals surface area contributed by atoms with Gasteiger partial charge in [0.1, 0.15) is 5.82 Å². The van der Waals surface area contributed by atoms with Crippen molar-refractivity contribution in [3.63, 3.8) is 0 Å². The van der Waals surface area contributed by atoms with E-state index in [-0.39, 0.29) is 5.75 Å². The maximum atomic E-state index is 13.7. The Balaban J connectivity index is 1.68. The number of hydrogen-bond acceptors (Lipinski definition) is 4. The summed E-state index contributed by atoms with van der Waals surface area (Å²) in [7, 11) is 0. The molecule has 3 rings (SSSR count). The fourth-order valence-electron chi connectivity index (χ4n) is 1.99. The molecule has 0 radical (unpaired) electrons. The summed E-state index contributed by atoms with van der Waals surface area (Å²) >= 11 is 0. The van der Waals surface area contributed by atoms with Gasteiger partial charge in [-0.2, -0.15) is 0 Å². The lowest BCUT2D eigenvalue weighted by Gasteiger charge is -2.10. The van der Waals surface area contributed by atoms with E-state index < -0.39 is 5.82 Å². The van der Waals surface area contributed by atoms with Crippen LogP contribution in [0.15, 0.2) is 55.0 Å². The summed E-state index contributed by atoms with van der Waals surface area (Å²) in [6.07, 6.45) is 5.09. The zero-order valence-corrected chi connectivity index (χ0v) is 11.8. The molecule has 3 aromatic rings. The Morgan fingerprint density at radius 3 is 2.77 bits per heavy atom. The second-order valence-corrected chi connectivity index (χ2v) is 4.64. The van der Waals surface area contributed by atoms with Crippen LogP contribution in [0.4, 0.5) is 4.39 Å². The summed E-state index contributed by atoms with van der Waals surface area (Å²) in [6.45, 7) is 1.14. The normalized spacial score (nSPS) is 10.6. The van der Waals surface area contributed by atoms with Gasteiger partial charge < -0.3 is 15.0 Å². The second-order valence-electron chi connectivity index (χ2n) is 4.64. The first-order valence-corrected chi connectivity index (χ1v) is 6.88. The molecule has 5 nitrogen and oxygen atoms in total. The standard InChI is InChI=1S/C16H15FN4O/c17-13-5-1-2-6-14(13)22-16-12(4-3-7-21-16)10-18-11-15-19-8-9-20-15/h1-9,18H,10-11H2,(H,19,20). The van der Waals surface area contributed by atoms with Crippen LogP contribution in [0.3, 0.4) is 0 Å². The Morgan fingerprint density at radius 2 is 1.95 bits per heavy atom. The van der Waals surface area contributed by atoms with Crippen LogP contribution in [0.2, 0.25) is 0 Å². The van der Waals surface area contributed by atoms with Crippen molar-refractivity contribution in [2.45, 2.75) is 13.1 Å². The maximum absolute atomic E-state index is 13.7. The lowest BCUT2D eigenvalue weighted by atomic mass is 10.2. The third-order valence-electron chi connectivity index (χ3n) is 3.06. The molecule has 0 bridgehead atoms. The van der Waals surface area contributed by atoms with Gasteiger partial charge in [0, 0.05) is 30.7 Å². The summed E-state index contributed by atoms with van der Waals surface area (Å²) in [4.78, 5) is 11.3. The third kappa shape index (κ3) is 3.48. The average molecular weight is 298 g/mol. The largest absolute Gasteiger partial charge is 0.436 e. The summed E-state index contributed by atoms with van der Waals surface area (Å²) < 4.78 is 19.2. The zero-order chi connectivity index (χ0) is 15.2. The van der Waals surface area contributed by atoms with E-state index in [0.717, 1.165) is 11.4 Å². The Hall–Kier alpha value is -2.73. The number of hydrogen-bond donors (Lipinski definition) is 2. The lowest BCUT2D eigenvalue weighted by molar-refractivity contribution is 0.420. The predicted octanol–water partition coefficient (Wildman–Crippen LogP) is 3.03. The number of benzene rings is 1. The number of nitrogens with one attached hydrogen (secondary N) is 2. The number of ether oxygens (including phenoxy) is 1. The molecule has 0 fully saturated rings. The van der Waals surface area contributed by atoms with Gasteiger partial charge in [-0.15, -0.1) is 0 Å². The molecular weight excluding hydrogens is 283 g/mol. The van der Waals surface area contributed by atoms with Gasteiger partial charge in [-0.3, -0.25) is 0 Å². The lowest BCUT2D eigenvalue weighted by Crippen LogP contribution is -2.14. The Bertz CT molecular complexity index is 731. The smallest absolute Gasteiger partial charge is 0.223 e. The Kier molecular flexibility index (Phi) is 4.41. The Labute approximate surface area is 127 Å². The number of nitrogens with zero attached hydrogens (tertiary/aromatic N) is 2. The molecule has 112 valence electrons. The fourth-order valence-corrected chi connectivity index (χ4v) is 1.99. The minimum absolute atomic E-state index is 0.161. The van der Waals surface area contributed by atoms with E-state index in [2.05, 4.69) is 20.3 Å². The first kappa shape index (κ1) is 14.2. The number of pyridine rings is 1. The minimum atomic E-state index is -0.414. The van der Waals surface area contributed by atoms with E-state index in [0.29, 0.717) is 19.0 Å². The van der Waals surface area contributed by atoms with Crippen LogP contribution in [0.1, 0.15) is 11.4 Å². The van der Waals surface area contributed by atoms with Crippen LogP contribution in [-0.4, -0.2) is 15.0 Å². The molecule has 0 amide bonds. The number of aromatic nitrogens is 3. The quantitative estimate of drug-likeness (QED) is 0.734. The molecule has 2 aromatic heterocycles. The number of imidazole rings is 1. The van der Waals surface area contributed by atoms with Crippen LogP contribution in [0.25, 0.3) is 0 Å². The van der Waals surface area contributed by atoms with Crippen LogP contribution in [-0.2, 0) is 13.1 Å². The molecule has 2 heterocycles. The highest BCUT2D eigenvalue weighted by atomic mass is 19.1. The van der Waals surface area contributed by atoms with Crippen molar-refractivity contribution in [3.05, 3.63) is 72.2 Å². The molecule has 0 unspecified atom stereocenters. The monoisotopic (exact) mass is 298 g/mol. The van der Waals surface area contributed by atoms with E-state index in [1.165, 1.54) is 6.07 Å². The second kappa shape index (κ2) is 6.82. The van der Waals surface area contributed by atoms with Gasteiger partial charge >= 0.3 is 0 Å². The van der Waals surface area contributed by atoms with Crippen molar-refractivity contribution in [3.8, 4) is 11.6 Å². The number of aromatic amines is 1. The summed E-state index contributed by atoms with van der Waals surface area (Å²) in [5.41, 5.74) is 0.845. The molecule has 6 heteroatoms. The van der Waals surface area contributed by atoms with Crippen LogP contribution < -0.4 is 10.1 Å². The molecule has 0 saturated carbocycles. The van der Waals surface area contributed by atoms with Gasteiger partial charge in [0.15, 0.2) is 11.6 Å². The molecule has 0 atom stereocenters. The molecule has 1 aromatic carbocycles. The maximum Gasteiger partial charge on any atom is 0.223 e. The first-order chi connectivity index (χ1) is 10.8. The van der Waals surface area contributed by atoms with Gasteiger partial charge in [0.05, 0.1) is 6.54 Å². The van der Waals surface area contributed by atoms with Crippen molar-refractivity contribution >= 4 is 0 Å². The first-order valence-electron chi connectivity index (χ1n) is 6.88. The van der Waals surface area contributed by atoms with Gasteiger partial charge in [0.25, 0.3) is 0 Å². The molecule has 0 aliphatic rings. The average Bonchev–Trinajstić information content (AvgIpc) is 3.04. The molecular formula is C16H15FN4O. The SMILES string of the molecule is Fc1ccccc1Oc1ncccc1CNCc1ncc[nH]1. The van der Waals surface area contributed by atoms with Crippen molar-refractivity contribution in [2.24, 2.45) is 0 Å². The van der Waals surface area contributed by atoms with Gasteiger partial charge in [-0.05, 0) is 18.2 Å². The fraction of sp³-hybridized carbons (Fsp3) is 0.125. The van der Waals surface area contributed by atoms with Gasteiger partial charge in [0.2, 0.25) is 5.88 Å². The van der Waals surface area contributed by atoms with Crippen molar-refractivity contribution < 1.29 is 9.13 Å². The van der Waals surface area contributed by atoms with Crippen molar-refractivity contribution in [1.29, 1.82) is 0 Å². The van der Waals surface area contributed by atoms with E-state index >= 15 is 0 Å². The molecule has 0 saturated heterocycles. The van der Waals surface area contributed by atoms with Crippen LogP contribution in [0, 0.1) is 5.82 Å². The number of rotatable bonds is 6. The van der Waals surface area contributed by atoms with E-state index in [1.807, 2.05) is 12.1 Å². The zero-order valence-electron chi connectivity index (χ0n) is 11.8. The van der Waals surface area contributed by atoms with Crippen molar-refractivity contribution in [1.82, 2.24) is 20.3 Å². The molecule has 0 aliphatic carbocycles. The number of halogens is 1. The molecule has 0 aliphatic heterocycles. The number of H-pyrrole nitrogens is 1. The molecule has 0 spiro atoms. The van der Waals surface area contributed by atoms with Gasteiger partial charge in [-0.1, -0.05) is 18.2 Å². The minimum Gasteiger partial charge on any atom is -0.436 e. The highest BCUT2D eigenvalue weighted by molar-refractivity contribution is 5.33. The highest BCUT2D eigenvalue weighted by Crippen LogP contribution is 2.25. The topological polar surface area (TPSA) is 62.8 Å².